The van der Waals surface area contributed by atoms with E-state index >= 15 is 0 Å². The van der Waals surface area contributed by atoms with E-state index in [1.54, 1.807) is 0 Å². The number of nitrogen functional groups attached to an aromatic ring is 1. The highest BCUT2D eigenvalue weighted by molar-refractivity contribution is 7.85. The Bertz CT molecular complexity index is 671. The summed E-state index contributed by atoms with van der Waals surface area (Å²) in [5, 5.41) is 3.95. The van der Waals surface area contributed by atoms with E-state index in [4.69, 9.17) is 5.73 Å². The van der Waals surface area contributed by atoms with Crippen LogP contribution in [0.5, 0.6) is 0 Å². The van der Waals surface area contributed by atoms with Crippen molar-refractivity contribution in [3.05, 3.63) is 29.1 Å². The normalized spacial score (nSPS) is 22.8. The molecule has 1 fully saturated rings. The summed E-state index contributed by atoms with van der Waals surface area (Å²) in [6.07, 6.45) is 1.56. The first kappa shape index (κ1) is 13.6. The molecule has 0 atom stereocenters. The van der Waals surface area contributed by atoms with Crippen LogP contribution >= 0.6 is 11.3 Å². The zero-order valence-corrected chi connectivity index (χ0v) is 12.6. The third-order valence-corrected chi connectivity index (χ3v) is 6.13. The number of thiophene rings is 1. The molecule has 2 heterocycles. The minimum atomic E-state index is -0.710. The first-order valence-electron chi connectivity index (χ1n) is 6.58. The minimum absolute atomic E-state index is 0.110. The summed E-state index contributed by atoms with van der Waals surface area (Å²) in [5.74, 6) is 1.24. The van der Waals surface area contributed by atoms with Crippen LogP contribution in [0.4, 0.5) is 5.69 Å². The molecule has 0 unspecified atom stereocenters. The number of carbonyl (C=O) groups is 1. The van der Waals surface area contributed by atoms with Crippen molar-refractivity contribution in [1.29, 1.82) is 0 Å². The molecular weight excluding hydrogens is 292 g/mol. The first-order valence-corrected chi connectivity index (χ1v) is 8.88. The highest BCUT2D eigenvalue weighted by Crippen LogP contribution is 2.33. The van der Waals surface area contributed by atoms with E-state index in [0.717, 1.165) is 22.9 Å². The molecule has 1 saturated heterocycles. The number of rotatable bonds is 2. The summed E-state index contributed by atoms with van der Waals surface area (Å²) in [5.41, 5.74) is 6.63. The van der Waals surface area contributed by atoms with Gasteiger partial charge in [0.25, 0.3) is 5.91 Å². The third-order valence-electron chi connectivity index (χ3n) is 3.56. The van der Waals surface area contributed by atoms with Gasteiger partial charge in [0.05, 0.1) is 5.69 Å². The van der Waals surface area contributed by atoms with Gasteiger partial charge >= 0.3 is 0 Å². The Labute approximate surface area is 123 Å². The van der Waals surface area contributed by atoms with Crippen LogP contribution in [0.1, 0.15) is 22.5 Å². The van der Waals surface area contributed by atoms with Gasteiger partial charge in [0, 0.05) is 38.4 Å². The van der Waals surface area contributed by atoms with Gasteiger partial charge < -0.3 is 11.1 Å². The second-order valence-corrected chi connectivity index (χ2v) is 7.69. The molecule has 106 valence electrons. The van der Waals surface area contributed by atoms with Crippen LogP contribution in [0, 0.1) is 0 Å². The molecular formula is C14H16N2O2S2. The smallest absolute Gasteiger partial charge is 0.263 e. The lowest BCUT2D eigenvalue weighted by atomic mass is 10.1. The summed E-state index contributed by atoms with van der Waals surface area (Å²) in [4.78, 5) is 12.9. The van der Waals surface area contributed by atoms with Crippen molar-refractivity contribution in [2.24, 2.45) is 0 Å². The molecule has 1 aliphatic rings. The molecule has 1 aliphatic heterocycles. The van der Waals surface area contributed by atoms with Gasteiger partial charge in [-0.3, -0.25) is 9.00 Å². The van der Waals surface area contributed by atoms with Crippen LogP contribution in [0.25, 0.3) is 10.1 Å². The van der Waals surface area contributed by atoms with Crippen molar-refractivity contribution in [3.8, 4) is 0 Å². The molecule has 0 radical (unpaired) electrons. The Morgan fingerprint density at radius 2 is 2.00 bits per heavy atom. The van der Waals surface area contributed by atoms with Gasteiger partial charge in [0.15, 0.2) is 0 Å². The molecule has 1 aromatic heterocycles. The van der Waals surface area contributed by atoms with Gasteiger partial charge in [-0.15, -0.1) is 11.3 Å². The number of hydrogen-bond donors (Lipinski definition) is 2. The van der Waals surface area contributed by atoms with Gasteiger partial charge in [0.2, 0.25) is 0 Å². The van der Waals surface area contributed by atoms with Crippen LogP contribution in [0.2, 0.25) is 0 Å². The maximum absolute atomic E-state index is 12.3. The number of carbonyl (C=O) groups excluding carboxylic acids is 1. The Kier molecular flexibility index (Phi) is 3.76. The summed E-state index contributed by atoms with van der Waals surface area (Å²) in [6.45, 7) is 0. The lowest BCUT2D eigenvalue weighted by Gasteiger charge is -2.22. The summed E-state index contributed by atoms with van der Waals surface area (Å²) in [6, 6.07) is 7.88. The molecule has 20 heavy (non-hydrogen) atoms. The molecule has 3 N–H and O–H groups in total. The average molecular weight is 308 g/mol. The van der Waals surface area contributed by atoms with Gasteiger partial charge in [-0.2, -0.15) is 0 Å². The topological polar surface area (TPSA) is 72.2 Å². The van der Waals surface area contributed by atoms with Crippen molar-refractivity contribution in [2.75, 3.05) is 17.2 Å². The largest absolute Gasteiger partial charge is 0.397 e. The quantitative estimate of drug-likeness (QED) is 0.892. The Morgan fingerprint density at radius 3 is 2.70 bits per heavy atom. The Balaban J connectivity index is 1.79. The lowest BCUT2D eigenvalue weighted by molar-refractivity contribution is 0.0939. The van der Waals surface area contributed by atoms with Crippen LogP contribution in [-0.4, -0.2) is 27.7 Å². The number of amides is 1. The van der Waals surface area contributed by atoms with Gasteiger partial charge in [-0.05, 0) is 18.9 Å². The fourth-order valence-corrected chi connectivity index (χ4v) is 4.75. The van der Waals surface area contributed by atoms with E-state index < -0.39 is 10.8 Å². The van der Waals surface area contributed by atoms with Crippen molar-refractivity contribution in [2.45, 2.75) is 18.9 Å². The molecule has 1 aromatic carbocycles. The van der Waals surface area contributed by atoms with Crippen molar-refractivity contribution in [1.82, 2.24) is 5.32 Å². The monoisotopic (exact) mass is 308 g/mol. The summed E-state index contributed by atoms with van der Waals surface area (Å²) in [7, 11) is -0.710. The number of benzene rings is 1. The fraction of sp³-hybridized carbons (Fsp3) is 0.357. The molecule has 0 spiro atoms. The van der Waals surface area contributed by atoms with Crippen LogP contribution in [0.15, 0.2) is 24.3 Å². The fourth-order valence-electron chi connectivity index (χ4n) is 2.42. The molecule has 3 rings (SSSR count). The Morgan fingerprint density at radius 1 is 1.30 bits per heavy atom. The number of nitrogens with two attached hydrogens (primary N) is 1. The van der Waals surface area contributed by atoms with E-state index in [1.807, 2.05) is 24.3 Å². The van der Waals surface area contributed by atoms with E-state index in [0.29, 0.717) is 22.1 Å². The zero-order chi connectivity index (χ0) is 14.1. The van der Waals surface area contributed by atoms with Gasteiger partial charge in [-0.25, -0.2) is 0 Å². The van der Waals surface area contributed by atoms with Gasteiger partial charge in [0.1, 0.15) is 4.88 Å². The van der Waals surface area contributed by atoms with Gasteiger partial charge in [-0.1, -0.05) is 18.2 Å². The standard InChI is InChI=1S/C14H16N2O2S2/c15-12-10-3-1-2-4-11(10)19-13(12)14(17)16-9-5-7-20(18)8-6-9/h1-4,9H,5-8,15H2,(H,16,17). The number of hydrogen-bond acceptors (Lipinski definition) is 4. The van der Waals surface area contributed by atoms with Crippen LogP contribution < -0.4 is 11.1 Å². The second kappa shape index (κ2) is 5.54. The Hall–Kier alpha value is -1.40. The molecule has 1 amide bonds. The van der Waals surface area contributed by atoms with E-state index in [1.165, 1.54) is 11.3 Å². The van der Waals surface area contributed by atoms with Crippen molar-refractivity contribution in [3.63, 3.8) is 0 Å². The van der Waals surface area contributed by atoms with E-state index in [2.05, 4.69) is 5.32 Å². The second-order valence-electron chi connectivity index (χ2n) is 4.94. The van der Waals surface area contributed by atoms with E-state index in [9.17, 15) is 9.00 Å². The lowest BCUT2D eigenvalue weighted by Crippen LogP contribution is -2.39. The zero-order valence-electron chi connectivity index (χ0n) is 10.9. The highest BCUT2D eigenvalue weighted by Gasteiger charge is 2.22. The maximum atomic E-state index is 12.3. The predicted molar refractivity (Wildman–Crippen MR) is 84.6 cm³/mol. The molecule has 2 aromatic rings. The van der Waals surface area contributed by atoms with Crippen LogP contribution in [-0.2, 0) is 10.8 Å². The minimum Gasteiger partial charge on any atom is -0.397 e. The molecule has 0 saturated carbocycles. The summed E-state index contributed by atoms with van der Waals surface area (Å²) >= 11 is 1.42. The third kappa shape index (κ3) is 2.58. The van der Waals surface area contributed by atoms with Crippen LogP contribution in [0.3, 0.4) is 0 Å². The SMILES string of the molecule is Nc1c(C(=O)NC2CCS(=O)CC2)sc2ccccc12. The molecule has 4 nitrogen and oxygen atoms in total. The summed E-state index contributed by atoms with van der Waals surface area (Å²) < 4.78 is 12.3. The molecule has 0 bridgehead atoms. The molecule has 0 aliphatic carbocycles. The highest BCUT2D eigenvalue weighted by atomic mass is 32.2. The number of fused-ring (bicyclic) bond motifs is 1. The predicted octanol–water partition coefficient (Wildman–Crippen LogP) is 2.12. The first-order chi connectivity index (χ1) is 9.65. The molecule has 6 heteroatoms. The van der Waals surface area contributed by atoms with Crippen molar-refractivity contribution >= 4 is 43.8 Å². The average Bonchev–Trinajstić information content (AvgIpc) is 2.79. The van der Waals surface area contributed by atoms with Crippen molar-refractivity contribution < 1.29 is 9.00 Å². The van der Waals surface area contributed by atoms with E-state index in [-0.39, 0.29) is 11.9 Å². The number of anilines is 1. The maximum Gasteiger partial charge on any atom is 0.263 e. The number of nitrogens with one attached hydrogen (secondary N) is 1.